The Morgan fingerprint density at radius 1 is 1.00 bits per heavy atom. The monoisotopic (exact) mass is 323 g/mol. The molecule has 1 aliphatic heterocycles. The number of nitrogens with zero attached hydrogens (tertiary/aromatic N) is 1. The summed E-state index contributed by atoms with van der Waals surface area (Å²) in [5.74, 6) is 0.973. The molecule has 5 heteroatoms. The van der Waals surface area contributed by atoms with E-state index in [4.69, 9.17) is 9.50 Å². The molecular formula is C15H26NOPSi2. The fraction of sp³-hybridized carbons (Fsp3) is 0.533. The molecule has 0 N–H and O–H groups in total. The molecule has 0 spiro atoms. The number of hydrogen-bond donors (Lipinski definition) is 0. The standard InChI is InChI=1S/C15H26NOPSi2/c1-17-13-11-9-8-10-12(13)14-16-18(14)15(19(2,3)4)20(5,6)7/h8-11,15H,1-7H3. The first-order valence-electron chi connectivity index (χ1n) is 7.17. The van der Waals surface area contributed by atoms with Crippen LogP contribution in [0, 0.1) is 0 Å². The summed E-state index contributed by atoms with van der Waals surface area (Å²) in [6.45, 7) is 15.0. The van der Waals surface area contributed by atoms with E-state index in [0.29, 0.717) is 0 Å². The van der Waals surface area contributed by atoms with Crippen LogP contribution in [-0.4, -0.2) is 33.6 Å². The van der Waals surface area contributed by atoms with Gasteiger partial charge in [0.1, 0.15) is 5.75 Å². The van der Waals surface area contributed by atoms with Crippen molar-refractivity contribution < 1.29 is 4.74 Å². The van der Waals surface area contributed by atoms with Gasteiger partial charge in [0.05, 0.1) is 36.8 Å². The Balaban J connectivity index is 2.27. The molecule has 0 saturated heterocycles. The maximum atomic E-state index is 5.50. The van der Waals surface area contributed by atoms with Gasteiger partial charge in [-0.15, -0.1) is 0 Å². The van der Waals surface area contributed by atoms with Crippen LogP contribution < -0.4 is 4.74 Å². The van der Waals surface area contributed by atoms with Crippen LogP contribution in [-0.2, 0) is 0 Å². The molecule has 1 aromatic carbocycles. The van der Waals surface area contributed by atoms with Crippen LogP contribution in [0.4, 0.5) is 0 Å². The molecule has 1 aliphatic rings. The van der Waals surface area contributed by atoms with E-state index in [9.17, 15) is 0 Å². The summed E-state index contributed by atoms with van der Waals surface area (Å²) in [5, 5.41) is 0. The molecule has 1 atom stereocenters. The second kappa shape index (κ2) is 5.39. The predicted octanol–water partition coefficient (Wildman–Crippen LogP) is 4.98. The molecule has 110 valence electrons. The zero-order valence-corrected chi connectivity index (χ0v) is 16.6. The molecular weight excluding hydrogens is 297 g/mol. The number of methoxy groups -OCH3 is 1. The zero-order chi connectivity index (χ0) is 15.1. The molecule has 1 unspecified atom stereocenters. The fourth-order valence-electron chi connectivity index (χ4n) is 3.30. The highest BCUT2D eigenvalue weighted by Gasteiger charge is 2.50. The molecule has 1 aromatic rings. The topological polar surface area (TPSA) is 21.6 Å². The van der Waals surface area contributed by atoms with Gasteiger partial charge in [-0.25, -0.2) is 0 Å². The van der Waals surface area contributed by atoms with Crippen LogP contribution >= 0.6 is 8.07 Å². The molecule has 0 amide bonds. The number of hydrogen-bond acceptors (Lipinski definition) is 2. The van der Waals surface area contributed by atoms with E-state index in [1.807, 2.05) is 12.1 Å². The van der Waals surface area contributed by atoms with Crippen LogP contribution in [0.2, 0.25) is 39.3 Å². The Morgan fingerprint density at radius 3 is 2.05 bits per heavy atom. The highest BCUT2D eigenvalue weighted by atomic mass is 31.1. The Kier molecular flexibility index (Phi) is 4.30. The molecule has 0 aliphatic carbocycles. The van der Waals surface area contributed by atoms with Gasteiger partial charge in [-0.3, -0.25) is 4.76 Å². The van der Waals surface area contributed by atoms with Crippen molar-refractivity contribution >= 4 is 29.7 Å². The molecule has 0 saturated carbocycles. The number of ether oxygens (including phenoxy) is 1. The summed E-state index contributed by atoms with van der Waals surface area (Å²) in [7, 11) is -0.898. The van der Waals surface area contributed by atoms with E-state index in [1.54, 1.807) is 7.11 Å². The fourth-order valence-corrected chi connectivity index (χ4v) is 21.9. The van der Waals surface area contributed by atoms with Crippen LogP contribution in [0.15, 0.2) is 29.0 Å². The van der Waals surface area contributed by atoms with Crippen molar-refractivity contribution in [1.82, 2.24) is 0 Å². The van der Waals surface area contributed by atoms with E-state index >= 15 is 0 Å². The average molecular weight is 324 g/mol. The van der Waals surface area contributed by atoms with Crippen molar-refractivity contribution in [2.75, 3.05) is 7.11 Å². The van der Waals surface area contributed by atoms with Crippen LogP contribution in [0.3, 0.4) is 0 Å². The third kappa shape index (κ3) is 3.24. The minimum Gasteiger partial charge on any atom is -0.496 e. The Morgan fingerprint density at radius 2 is 1.55 bits per heavy atom. The predicted molar refractivity (Wildman–Crippen MR) is 96.9 cm³/mol. The second-order valence-electron chi connectivity index (χ2n) is 7.60. The Hall–Kier alpha value is -0.446. The number of benzene rings is 1. The summed E-state index contributed by atoms with van der Waals surface area (Å²) in [5.41, 5.74) is 2.56. The maximum Gasteiger partial charge on any atom is 0.128 e. The molecule has 1 heterocycles. The van der Waals surface area contributed by atoms with Crippen molar-refractivity contribution in [2.45, 2.75) is 44.2 Å². The van der Waals surface area contributed by atoms with Gasteiger partial charge >= 0.3 is 0 Å². The normalized spacial score (nSPS) is 19.0. The average Bonchev–Trinajstić information content (AvgIpc) is 3.04. The number of rotatable bonds is 5. The largest absolute Gasteiger partial charge is 0.496 e. The SMILES string of the molecule is COc1ccccc1C1=NP1C([Si](C)(C)C)[Si](C)(C)C. The Bertz CT molecular complexity index is 517. The van der Waals surface area contributed by atoms with E-state index < -0.39 is 16.1 Å². The van der Waals surface area contributed by atoms with Gasteiger partial charge in [-0.2, -0.15) is 0 Å². The van der Waals surface area contributed by atoms with Gasteiger partial charge in [0.15, 0.2) is 0 Å². The van der Waals surface area contributed by atoms with E-state index in [1.165, 1.54) is 11.0 Å². The highest BCUT2D eigenvalue weighted by molar-refractivity contribution is 7.87. The first-order valence-corrected chi connectivity index (χ1v) is 15.7. The lowest BCUT2D eigenvalue weighted by Crippen LogP contribution is -2.51. The van der Waals surface area contributed by atoms with Gasteiger partial charge in [0.25, 0.3) is 0 Å². The van der Waals surface area contributed by atoms with Gasteiger partial charge < -0.3 is 4.74 Å². The zero-order valence-electron chi connectivity index (χ0n) is 13.7. The third-order valence-corrected chi connectivity index (χ3v) is 19.7. The third-order valence-electron chi connectivity index (χ3n) is 3.61. The summed E-state index contributed by atoms with van der Waals surface area (Å²) < 4.78 is 10.4. The summed E-state index contributed by atoms with van der Waals surface area (Å²) in [6, 6.07) is 8.32. The van der Waals surface area contributed by atoms with Gasteiger partial charge in [-0.05, 0) is 17.0 Å². The summed E-state index contributed by atoms with van der Waals surface area (Å²) in [4.78, 5) is 0.866. The summed E-state index contributed by atoms with van der Waals surface area (Å²) >= 11 is 0. The lowest BCUT2D eigenvalue weighted by molar-refractivity contribution is 0.414. The van der Waals surface area contributed by atoms with Gasteiger partial charge in [-0.1, -0.05) is 51.4 Å². The van der Waals surface area contributed by atoms with Crippen LogP contribution in [0.1, 0.15) is 5.56 Å². The highest BCUT2D eigenvalue weighted by Crippen LogP contribution is 2.64. The molecule has 2 rings (SSSR count). The minimum atomic E-state index is -1.19. The van der Waals surface area contributed by atoms with Crippen molar-refractivity contribution in [3.63, 3.8) is 0 Å². The van der Waals surface area contributed by atoms with Gasteiger partial charge in [0.2, 0.25) is 0 Å². The molecule has 0 fully saturated rings. The maximum absolute atomic E-state index is 5.50. The molecule has 2 nitrogen and oxygen atoms in total. The van der Waals surface area contributed by atoms with E-state index in [-0.39, 0.29) is 8.07 Å². The lowest BCUT2D eigenvalue weighted by Gasteiger charge is -2.37. The Labute approximate surface area is 126 Å². The van der Waals surface area contributed by atoms with Crippen molar-refractivity contribution in [3.8, 4) is 5.75 Å². The van der Waals surface area contributed by atoms with Crippen LogP contribution in [0.5, 0.6) is 5.75 Å². The summed E-state index contributed by atoms with van der Waals surface area (Å²) in [6.07, 6.45) is 0. The van der Waals surface area contributed by atoms with Gasteiger partial charge in [0, 0.05) is 5.56 Å². The van der Waals surface area contributed by atoms with Crippen molar-refractivity contribution in [2.24, 2.45) is 4.76 Å². The van der Waals surface area contributed by atoms with Crippen molar-refractivity contribution in [1.29, 1.82) is 0 Å². The molecule has 20 heavy (non-hydrogen) atoms. The molecule has 0 radical (unpaired) electrons. The first-order chi connectivity index (χ1) is 9.16. The second-order valence-corrected chi connectivity index (χ2v) is 21.6. The van der Waals surface area contributed by atoms with Crippen molar-refractivity contribution in [3.05, 3.63) is 29.8 Å². The molecule has 0 bridgehead atoms. The lowest BCUT2D eigenvalue weighted by atomic mass is 10.2. The molecule has 0 aromatic heterocycles. The first kappa shape index (κ1) is 15.9. The smallest absolute Gasteiger partial charge is 0.128 e. The number of para-hydroxylation sites is 1. The van der Waals surface area contributed by atoms with E-state index in [2.05, 4.69) is 51.4 Å². The minimum absolute atomic E-state index is 0.267. The van der Waals surface area contributed by atoms with E-state index in [0.717, 1.165) is 10.7 Å². The van der Waals surface area contributed by atoms with Crippen LogP contribution in [0.25, 0.3) is 0 Å². The quantitative estimate of drug-likeness (QED) is 0.553.